The van der Waals surface area contributed by atoms with Crippen LogP contribution in [0.4, 0.5) is 22.7 Å². The molecule has 14 nitrogen and oxygen atoms in total. The maximum atomic E-state index is 12.9. The summed E-state index contributed by atoms with van der Waals surface area (Å²) in [6.45, 7) is 2.10. The molecule has 0 aliphatic heterocycles. The van der Waals surface area contributed by atoms with Gasteiger partial charge in [0, 0.05) is 24.3 Å². The van der Waals surface area contributed by atoms with Crippen molar-refractivity contribution in [3.05, 3.63) is 75.8 Å². The molecule has 0 aliphatic carbocycles. The summed E-state index contributed by atoms with van der Waals surface area (Å²) in [5.41, 5.74) is -4.27. The van der Waals surface area contributed by atoms with Crippen LogP contribution in [-0.2, 0) is 9.84 Å². The lowest BCUT2D eigenvalue weighted by atomic mass is 10.1. The Morgan fingerprint density at radius 3 is 0.966 bits per heavy atom. The molecule has 2 rings (SSSR count). The van der Waals surface area contributed by atoms with Crippen LogP contribution in [0.15, 0.2) is 34.1 Å². The minimum absolute atomic E-state index is 0.403. The lowest BCUT2D eigenvalue weighted by Crippen LogP contribution is -2.08. The zero-order valence-electron chi connectivity index (χ0n) is 14.6. The molecule has 29 heavy (non-hydrogen) atoms. The van der Waals surface area contributed by atoms with Crippen molar-refractivity contribution in [3.63, 3.8) is 0 Å². The van der Waals surface area contributed by atoms with Gasteiger partial charge in [-0.25, -0.2) is 8.42 Å². The fourth-order valence-corrected chi connectivity index (χ4v) is 3.86. The second kappa shape index (κ2) is 7.19. The Bertz CT molecular complexity index is 1050. The van der Waals surface area contributed by atoms with E-state index >= 15 is 0 Å². The number of nitrogens with zero attached hydrogens (tertiary/aromatic N) is 4. The number of hydrogen-bond donors (Lipinski definition) is 0. The zero-order chi connectivity index (χ0) is 22.3. The van der Waals surface area contributed by atoms with Crippen molar-refractivity contribution in [2.24, 2.45) is 0 Å². The van der Waals surface area contributed by atoms with E-state index in [0.717, 1.165) is 13.8 Å². The Balaban J connectivity index is 2.90. The molecule has 152 valence electrons. The van der Waals surface area contributed by atoms with E-state index in [2.05, 4.69) is 0 Å². The molecular weight excluding hydrogens is 416 g/mol. The SMILES string of the molecule is Cc1c([N+](=O)[O-])cc(S(=O)(=O)c2cc([N+](=O)[O-])c(C)c([N+](=O)[O-])c2)cc1[N+](=O)[O-]. The lowest BCUT2D eigenvalue weighted by molar-refractivity contribution is -0.395. The standard InChI is InChI=1S/C14H10N4O10S/c1-7-11(15(19)20)3-9(4-12(7)16(21)22)29(27,28)10-5-13(17(23)24)8(2)14(6-10)18(25)26/h3-6H,1-2H3. The van der Waals surface area contributed by atoms with Gasteiger partial charge in [-0.3, -0.25) is 40.5 Å². The van der Waals surface area contributed by atoms with Gasteiger partial charge in [0.25, 0.3) is 22.7 Å². The first kappa shape index (κ1) is 21.3. The van der Waals surface area contributed by atoms with Crippen molar-refractivity contribution in [2.45, 2.75) is 23.6 Å². The van der Waals surface area contributed by atoms with Gasteiger partial charge in [-0.2, -0.15) is 0 Å². The van der Waals surface area contributed by atoms with E-state index < -0.39 is 73.2 Å². The first-order valence-electron chi connectivity index (χ1n) is 7.41. The Morgan fingerprint density at radius 2 is 0.793 bits per heavy atom. The quantitative estimate of drug-likeness (QED) is 0.487. The zero-order valence-corrected chi connectivity index (χ0v) is 15.4. The molecule has 2 aromatic rings. The van der Waals surface area contributed by atoms with Crippen LogP contribution in [0.3, 0.4) is 0 Å². The molecule has 0 heterocycles. The van der Waals surface area contributed by atoms with Crippen LogP contribution in [0.1, 0.15) is 11.1 Å². The van der Waals surface area contributed by atoms with Gasteiger partial charge in [-0.15, -0.1) is 0 Å². The van der Waals surface area contributed by atoms with Crippen molar-refractivity contribution in [1.82, 2.24) is 0 Å². The number of nitro groups is 4. The maximum absolute atomic E-state index is 12.9. The van der Waals surface area contributed by atoms with Gasteiger partial charge in [0.05, 0.1) is 29.5 Å². The van der Waals surface area contributed by atoms with Gasteiger partial charge in [-0.05, 0) is 13.8 Å². The monoisotopic (exact) mass is 426 g/mol. The van der Waals surface area contributed by atoms with Crippen molar-refractivity contribution in [2.75, 3.05) is 0 Å². The summed E-state index contributed by atoms with van der Waals surface area (Å²) in [4.78, 5) is 38.7. The second-order valence-corrected chi connectivity index (χ2v) is 7.65. The minimum atomic E-state index is -4.81. The molecule has 0 radical (unpaired) electrons. The van der Waals surface area contributed by atoms with E-state index in [4.69, 9.17) is 0 Å². The Morgan fingerprint density at radius 1 is 0.586 bits per heavy atom. The van der Waals surface area contributed by atoms with Crippen LogP contribution in [-0.4, -0.2) is 28.1 Å². The average Bonchev–Trinajstić information content (AvgIpc) is 2.60. The topological polar surface area (TPSA) is 207 Å². The average molecular weight is 426 g/mol. The largest absolute Gasteiger partial charge is 0.280 e. The molecule has 0 saturated carbocycles. The summed E-state index contributed by atoms with van der Waals surface area (Å²) in [7, 11) is -4.81. The molecule has 2 aromatic carbocycles. The lowest BCUT2D eigenvalue weighted by Gasteiger charge is -2.08. The summed E-state index contributed by atoms with van der Waals surface area (Å²) < 4.78 is 25.7. The highest BCUT2D eigenvalue weighted by atomic mass is 32.2. The summed E-state index contributed by atoms with van der Waals surface area (Å²) >= 11 is 0. The molecular formula is C14H10N4O10S. The number of rotatable bonds is 6. The van der Waals surface area contributed by atoms with Gasteiger partial charge in [-0.1, -0.05) is 0 Å². The molecule has 0 amide bonds. The Labute approximate surface area is 160 Å². The number of nitro benzene ring substituents is 4. The third kappa shape index (κ3) is 3.70. The van der Waals surface area contributed by atoms with Crippen LogP contribution < -0.4 is 0 Å². The maximum Gasteiger partial charge on any atom is 0.280 e. The third-order valence-corrected chi connectivity index (χ3v) is 5.77. The van der Waals surface area contributed by atoms with Crippen LogP contribution in [0.2, 0.25) is 0 Å². The summed E-state index contributed by atoms with van der Waals surface area (Å²) in [5.74, 6) is 0. The molecule has 0 aliphatic rings. The molecule has 0 spiro atoms. The fraction of sp³-hybridized carbons (Fsp3) is 0.143. The highest BCUT2D eigenvalue weighted by Crippen LogP contribution is 2.37. The number of hydrogen-bond acceptors (Lipinski definition) is 10. The molecule has 15 heteroatoms. The van der Waals surface area contributed by atoms with Crippen LogP contribution in [0.5, 0.6) is 0 Å². The van der Waals surface area contributed by atoms with Crippen LogP contribution in [0.25, 0.3) is 0 Å². The first-order chi connectivity index (χ1) is 13.3. The highest BCUT2D eigenvalue weighted by molar-refractivity contribution is 7.91. The van der Waals surface area contributed by atoms with E-state index in [9.17, 15) is 48.9 Å². The predicted octanol–water partition coefficient (Wildman–Crippen LogP) is 2.77. The van der Waals surface area contributed by atoms with E-state index in [1.807, 2.05) is 0 Å². The summed E-state index contributed by atoms with van der Waals surface area (Å²) in [5, 5.41) is 44.6. The van der Waals surface area contributed by atoms with E-state index in [1.165, 1.54) is 0 Å². The number of benzene rings is 2. The summed E-state index contributed by atoms with van der Waals surface area (Å²) in [6.07, 6.45) is 0. The smallest absolute Gasteiger partial charge is 0.258 e. The van der Waals surface area contributed by atoms with Crippen molar-refractivity contribution in [1.29, 1.82) is 0 Å². The Hall–Kier alpha value is -4.01. The third-order valence-electron chi connectivity index (χ3n) is 4.06. The van der Waals surface area contributed by atoms with Crippen molar-refractivity contribution >= 4 is 32.6 Å². The van der Waals surface area contributed by atoms with E-state index in [1.54, 1.807) is 0 Å². The van der Waals surface area contributed by atoms with Gasteiger partial charge < -0.3 is 0 Å². The van der Waals surface area contributed by atoms with E-state index in [0.29, 0.717) is 24.3 Å². The van der Waals surface area contributed by atoms with Gasteiger partial charge >= 0.3 is 0 Å². The first-order valence-corrected chi connectivity index (χ1v) is 8.89. The number of sulfone groups is 1. The second-order valence-electron chi connectivity index (χ2n) is 5.70. The van der Waals surface area contributed by atoms with Crippen LogP contribution in [0, 0.1) is 54.3 Å². The highest BCUT2D eigenvalue weighted by Gasteiger charge is 2.32. The molecule has 0 aromatic heterocycles. The molecule has 0 unspecified atom stereocenters. The van der Waals surface area contributed by atoms with Gasteiger partial charge in [0.2, 0.25) is 9.84 Å². The molecule has 0 bridgehead atoms. The van der Waals surface area contributed by atoms with Crippen molar-refractivity contribution in [3.8, 4) is 0 Å². The normalized spacial score (nSPS) is 11.1. The summed E-state index contributed by atoms with van der Waals surface area (Å²) in [6, 6.07) is 2.20. The predicted molar refractivity (Wildman–Crippen MR) is 94.4 cm³/mol. The molecule has 0 fully saturated rings. The Kier molecular flexibility index (Phi) is 5.28. The molecule has 0 saturated heterocycles. The van der Waals surface area contributed by atoms with Crippen molar-refractivity contribution < 1.29 is 28.1 Å². The van der Waals surface area contributed by atoms with Gasteiger partial charge in [0.1, 0.15) is 11.1 Å². The van der Waals surface area contributed by atoms with Gasteiger partial charge in [0.15, 0.2) is 0 Å². The molecule has 0 N–H and O–H groups in total. The van der Waals surface area contributed by atoms with E-state index in [-0.39, 0.29) is 0 Å². The van der Waals surface area contributed by atoms with Crippen LogP contribution >= 0.6 is 0 Å². The minimum Gasteiger partial charge on any atom is -0.258 e. The molecule has 0 atom stereocenters. The fourth-order valence-electron chi connectivity index (χ4n) is 2.52.